The van der Waals surface area contributed by atoms with Crippen LogP contribution in [0, 0.1) is 0 Å². The van der Waals surface area contributed by atoms with Crippen LogP contribution >= 0.6 is 0 Å². The van der Waals surface area contributed by atoms with Gasteiger partial charge in [0.25, 0.3) is 0 Å². The number of hydrogen-bond acceptors (Lipinski definition) is 2. The van der Waals surface area contributed by atoms with E-state index in [0.29, 0.717) is 6.04 Å². The Kier molecular flexibility index (Phi) is 4.51. The summed E-state index contributed by atoms with van der Waals surface area (Å²) in [5.41, 5.74) is 3.42. The van der Waals surface area contributed by atoms with Gasteiger partial charge in [-0.1, -0.05) is 54.6 Å². The second-order valence-corrected chi connectivity index (χ2v) is 4.44. The molecule has 2 nitrogen and oxygen atoms in total. The summed E-state index contributed by atoms with van der Waals surface area (Å²) in [5.74, 6) is 0. The number of benzene rings is 2. The molecule has 0 aliphatic carbocycles. The zero-order chi connectivity index (χ0) is 12.8. The molecular formula is C16H19NO. The summed E-state index contributed by atoms with van der Waals surface area (Å²) in [4.78, 5) is 0. The van der Waals surface area contributed by atoms with Gasteiger partial charge >= 0.3 is 0 Å². The highest BCUT2D eigenvalue weighted by molar-refractivity contribution is 5.26. The molecule has 0 spiro atoms. The summed E-state index contributed by atoms with van der Waals surface area (Å²) in [5, 5.41) is 12.8. The van der Waals surface area contributed by atoms with Gasteiger partial charge in [-0.3, -0.25) is 0 Å². The van der Waals surface area contributed by atoms with Crippen molar-refractivity contribution in [3.63, 3.8) is 0 Å². The van der Waals surface area contributed by atoms with Crippen LogP contribution in [0.2, 0.25) is 0 Å². The van der Waals surface area contributed by atoms with Crippen LogP contribution in [0.5, 0.6) is 0 Å². The van der Waals surface area contributed by atoms with E-state index < -0.39 is 0 Å². The number of rotatable bonds is 5. The Bertz CT molecular complexity index is 481. The summed E-state index contributed by atoms with van der Waals surface area (Å²) in [6, 6.07) is 18.6. The topological polar surface area (TPSA) is 32.3 Å². The number of aliphatic hydroxyl groups is 1. The molecule has 2 heteroatoms. The summed E-state index contributed by atoms with van der Waals surface area (Å²) in [6.07, 6.45) is 0. The normalized spacial score (nSPS) is 12.3. The molecule has 0 aliphatic heterocycles. The first kappa shape index (κ1) is 12.8. The van der Waals surface area contributed by atoms with Gasteiger partial charge in [0.05, 0.1) is 6.61 Å². The minimum atomic E-state index is 0.0948. The predicted octanol–water partition coefficient (Wildman–Crippen LogP) is 3.03. The van der Waals surface area contributed by atoms with Gasteiger partial charge in [0.1, 0.15) is 0 Å². The Labute approximate surface area is 108 Å². The van der Waals surface area contributed by atoms with E-state index in [1.54, 1.807) is 0 Å². The van der Waals surface area contributed by atoms with Crippen molar-refractivity contribution in [2.75, 3.05) is 0 Å². The maximum atomic E-state index is 9.27. The van der Waals surface area contributed by atoms with Crippen molar-refractivity contribution in [1.29, 1.82) is 0 Å². The van der Waals surface area contributed by atoms with Crippen LogP contribution in [0.15, 0.2) is 54.6 Å². The van der Waals surface area contributed by atoms with Crippen molar-refractivity contribution < 1.29 is 5.11 Å². The first-order valence-corrected chi connectivity index (χ1v) is 6.27. The first-order valence-electron chi connectivity index (χ1n) is 6.27. The third-order valence-corrected chi connectivity index (χ3v) is 3.19. The average molecular weight is 241 g/mol. The van der Waals surface area contributed by atoms with E-state index >= 15 is 0 Å². The minimum absolute atomic E-state index is 0.0948. The van der Waals surface area contributed by atoms with Crippen molar-refractivity contribution in [3.05, 3.63) is 71.3 Å². The van der Waals surface area contributed by atoms with Crippen LogP contribution in [0.3, 0.4) is 0 Å². The zero-order valence-corrected chi connectivity index (χ0v) is 10.6. The Morgan fingerprint density at radius 2 is 1.56 bits per heavy atom. The number of nitrogens with one attached hydrogen (secondary N) is 1. The molecule has 0 amide bonds. The van der Waals surface area contributed by atoms with Gasteiger partial charge in [-0.05, 0) is 23.6 Å². The maximum Gasteiger partial charge on any atom is 0.0685 e. The van der Waals surface area contributed by atoms with Gasteiger partial charge in [0.2, 0.25) is 0 Å². The molecular weight excluding hydrogens is 222 g/mol. The average Bonchev–Trinajstić information content (AvgIpc) is 2.46. The monoisotopic (exact) mass is 241 g/mol. The Balaban J connectivity index is 1.99. The summed E-state index contributed by atoms with van der Waals surface area (Å²) < 4.78 is 0. The zero-order valence-electron chi connectivity index (χ0n) is 10.6. The molecule has 0 saturated heterocycles. The van der Waals surface area contributed by atoms with Crippen LogP contribution in [-0.4, -0.2) is 5.11 Å². The highest BCUT2D eigenvalue weighted by Crippen LogP contribution is 2.14. The van der Waals surface area contributed by atoms with Crippen molar-refractivity contribution in [1.82, 2.24) is 5.32 Å². The molecule has 0 radical (unpaired) electrons. The molecule has 0 fully saturated rings. The van der Waals surface area contributed by atoms with Crippen molar-refractivity contribution in [3.8, 4) is 0 Å². The van der Waals surface area contributed by atoms with Crippen molar-refractivity contribution >= 4 is 0 Å². The molecule has 2 aromatic carbocycles. The molecule has 2 rings (SSSR count). The molecule has 0 aromatic heterocycles. The summed E-state index contributed by atoms with van der Waals surface area (Å²) >= 11 is 0. The molecule has 0 heterocycles. The second kappa shape index (κ2) is 6.34. The molecule has 0 saturated carbocycles. The van der Waals surface area contributed by atoms with E-state index in [0.717, 1.165) is 17.7 Å². The van der Waals surface area contributed by atoms with Crippen LogP contribution in [0.25, 0.3) is 0 Å². The highest BCUT2D eigenvalue weighted by atomic mass is 16.3. The largest absolute Gasteiger partial charge is 0.392 e. The Morgan fingerprint density at radius 3 is 2.22 bits per heavy atom. The SMILES string of the molecule is CC(NCc1ccccc1CO)c1ccccc1. The van der Waals surface area contributed by atoms with Crippen LogP contribution in [-0.2, 0) is 13.2 Å². The van der Waals surface area contributed by atoms with Gasteiger partial charge in [-0.15, -0.1) is 0 Å². The lowest BCUT2D eigenvalue weighted by molar-refractivity contribution is 0.280. The molecule has 0 aliphatic rings. The van der Waals surface area contributed by atoms with Crippen LogP contribution in [0.1, 0.15) is 29.7 Å². The number of hydrogen-bond donors (Lipinski definition) is 2. The van der Waals surface area contributed by atoms with Gasteiger partial charge < -0.3 is 10.4 Å². The van der Waals surface area contributed by atoms with E-state index in [-0.39, 0.29) is 6.61 Å². The first-order chi connectivity index (χ1) is 8.81. The van der Waals surface area contributed by atoms with E-state index in [9.17, 15) is 5.11 Å². The van der Waals surface area contributed by atoms with Crippen molar-refractivity contribution in [2.45, 2.75) is 26.1 Å². The summed E-state index contributed by atoms with van der Waals surface area (Å²) in [6.45, 7) is 3.02. The molecule has 1 unspecified atom stereocenters. The predicted molar refractivity (Wildman–Crippen MR) is 74.1 cm³/mol. The molecule has 94 valence electrons. The lowest BCUT2D eigenvalue weighted by Crippen LogP contribution is -2.18. The molecule has 2 aromatic rings. The number of aliphatic hydroxyl groups excluding tert-OH is 1. The molecule has 1 atom stereocenters. The van der Waals surface area contributed by atoms with E-state index in [1.165, 1.54) is 5.56 Å². The molecule has 18 heavy (non-hydrogen) atoms. The smallest absolute Gasteiger partial charge is 0.0685 e. The lowest BCUT2D eigenvalue weighted by atomic mass is 10.1. The van der Waals surface area contributed by atoms with Gasteiger partial charge in [0, 0.05) is 12.6 Å². The van der Waals surface area contributed by atoms with E-state index in [2.05, 4.69) is 42.6 Å². The standard InChI is InChI=1S/C16H19NO/c1-13(14-7-3-2-4-8-14)17-11-15-9-5-6-10-16(15)12-18/h2-10,13,17-18H,11-12H2,1H3. The third-order valence-electron chi connectivity index (χ3n) is 3.19. The minimum Gasteiger partial charge on any atom is -0.392 e. The maximum absolute atomic E-state index is 9.27. The fraction of sp³-hybridized carbons (Fsp3) is 0.250. The van der Waals surface area contributed by atoms with Gasteiger partial charge in [-0.25, -0.2) is 0 Å². The fourth-order valence-electron chi connectivity index (χ4n) is 2.01. The highest BCUT2D eigenvalue weighted by Gasteiger charge is 2.05. The Hall–Kier alpha value is -1.64. The fourth-order valence-corrected chi connectivity index (χ4v) is 2.01. The quantitative estimate of drug-likeness (QED) is 0.843. The molecule has 2 N–H and O–H groups in total. The Morgan fingerprint density at radius 1 is 0.944 bits per heavy atom. The van der Waals surface area contributed by atoms with Crippen molar-refractivity contribution in [2.24, 2.45) is 0 Å². The van der Waals surface area contributed by atoms with E-state index in [4.69, 9.17) is 0 Å². The van der Waals surface area contributed by atoms with Crippen LogP contribution in [0.4, 0.5) is 0 Å². The van der Waals surface area contributed by atoms with E-state index in [1.807, 2.05) is 24.3 Å². The molecule has 0 bridgehead atoms. The third kappa shape index (κ3) is 3.19. The lowest BCUT2D eigenvalue weighted by Gasteiger charge is -2.15. The van der Waals surface area contributed by atoms with Crippen LogP contribution < -0.4 is 5.32 Å². The van der Waals surface area contributed by atoms with Gasteiger partial charge in [-0.2, -0.15) is 0 Å². The summed E-state index contributed by atoms with van der Waals surface area (Å²) in [7, 11) is 0. The van der Waals surface area contributed by atoms with Gasteiger partial charge in [0.15, 0.2) is 0 Å². The second-order valence-electron chi connectivity index (χ2n) is 4.44.